The maximum Gasteiger partial charge on any atom is 0.255 e. The van der Waals surface area contributed by atoms with Crippen LogP contribution in [0.1, 0.15) is 42.3 Å². The molecule has 0 radical (unpaired) electrons. The second-order valence-corrected chi connectivity index (χ2v) is 10.3. The minimum Gasteiger partial charge on any atom is -0.496 e. The molecular weight excluding hydrogens is 454 g/mol. The first-order valence-corrected chi connectivity index (χ1v) is 13.1. The molecule has 1 fully saturated rings. The van der Waals surface area contributed by atoms with Crippen molar-refractivity contribution in [1.29, 1.82) is 0 Å². The number of methoxy groups -OCH3 is 1. The molecule has 1 atom stereocenters. The summed E-state index contributed by atoms with van der Waals surface area (Å²) >= 11 is 0. The van der Waals surface area contributed by atoms with Crippen molar-refractivity contribution in [2.75, 3.05) is 39.9 Å². The zero-order valence-electron chi connectivity index (χ0n) is 20.4. The average Bonchev–Trinajstić information content (AvgIpc) is 2.83. The van der Waals surface area contributed by atoms with Crippen molar-refractivity contribution in [1.82, 2.24) is 14.5 Å². The third-order valence-electron chi connectivity index (χ3n) is 5.93. The maximum absolute atomic E-state index is 13.0. The predicted octanol–water partition coefficient (Wildman–Crippen LogP) is 2.88. The largest absolute Gasteiger partial charge is 0.496 e. The van der Waals surface area contributed by atoms with Crippen LogP contribution in [0.4, 0.5) is 0 Å². The number of nitrogens with zero attached hydrogens (tertiary/aromatic N) is 2. The molecule has 3 rings (SSSR count). The molecule has 0 bridgehead atoms. The Bertz CT molecular complexity index is 1090. The van der Waals surface area contributed by atoms with E-state index in [4.69, 9.17) is 9.47 Å². The molecule has 1 unspecified atom stereocenters. The summed E-state index contributed by atoms with van der Waals surface area (Å²) in [5, 5.41) is 2.90. The normalized spacial score (nSPS) is 17.0. The van der Waals surface area contributed by atoms with Crippen LogP contribution in [0.25, 0.3) is 0 Å². The molecule has 2 aromatic carbocycles. The average molecular weight is 490 g/mol. The summed E-state index contributed by atoms with van der Waals surface area (Å²) < 4.78 is 38.1. The van der Waals surface area contributed by atoms with Crippen LogP contribution < -0.4 is 10.1 Å². The van der Waals surface area contributed by atoms with Gasteiger partial charge in [-0.15, -0.1) is 0 Å². The minimum absolute atomic E-state index is 0.0730. The summed E-state index contributed by atoms with van der Waals surface area (Å²) in [6.07, 6.45) is 0.229. The topological polar surface area (TPSA) is 88.2 Å². The number of carbonyl (C=O) groups is 1. The van der Waals surface area contributed by atoms with Crippen LogP contribution in [0.2, 0.25) is 0 Å². The lowest BCUT2D eigenvalue weighted by Gasteiger charge is -2.31. The smallest absolute Gasteiger partial charge is 0.255 e. The van der Waals surface area contributed by atoms with Crippen molar-refractivity contribution in [3.05, 3.63) is 59.2 Å². The van der Waals surface area contributed by atoms with Crippen LogP contribution in [0.5, 0.6) is 5.75 Å². The van der Waals surface area contributed by atoms with Crippen LogP contribution in [0.15, 0.2) is 47.4 Å². The summed E-state index contributed by atoms with van der Waals surface area (Å²) in [6.45, 7) is 10.0. The van der Waals surface area contributed by atoms with Crippen LogP contribution in [-0.2, 0) is 27.8 Å². The number of benzene rings is 2. The monoisotopic (exact) mass is 489 g/mol. The first-order valence-electron chi connectivity index (χ1n) is 11.7. The Labute approximate surface area is 202 Å². The van der Waals surface area contributed by atoms with Gasteiger partial charge in [0.15, 0.2) is 0 Å². The summed E-state index contributed by atoms with van der Waals surface area (Å²) in [5.74, 6) is -0.0629. The number of hydrogen-bond acceptors (Lipinski definition) is 6. The molecule has 0 spiro atoms. The zero-order chi connectivity index (χ0) is 24.7. The highest BCUT2D eigenvalue weighted by Crippen LogP contribution is 2.25. The van der Waals surface area contributed by atoms with E-state index in [0.29, 0.717) is 25.4 Å². The molecule has 0 saturated carbocycles. The fourth-order valence-corrected chi connectivity index (χ4v) is 5.63. The molecule has 2 aromatic rings. The number of rotatable bonds is 10. The van der Waals surface area contributed by atoms with Gasteiger partial charge in [-0.2, -0.15) is 4.31 Å². The molecule has 1 N–H and O–H groups in total. The van der Waals surface area contributed by atoms with Crippen molar-refractivity contribution >= 4 is 15.9 Å². The van der Waals surface area contributed by atoms with E-state index in [2.05, 4.69) is 29.3 Å². The van der Waals surface area contributed by atoms with Crippen molar-refractivity contribution in [3.8, 4) is 5.75 Å². The summed E-state index contributed by atoms with van der Waals surface area (Å²) in [7, 11) is -2.23. The molecule has 186 valence electrons. The summed E-state index contributed by atoms with van der Waals surface area (Å²) in [4.78, 5) is 15.4. The Morgan fingerprint density at radius 1 is 1.18 bits per heavy atom. The van der Waals surface area contributed by atoms with Crippen molar-refractivity contribution in [2.45, 2.75) is 44.9 Å². The van der Waals surface area contributed by atoms with E-state index in [1.165, 1.54) is 35.2 Å². The molecule has 8 nitrogen and oxygen atoms in total. The van der Waals surface area contributed by atoms with Crippen molar-refractivity contribution in [2.24, 2.45) is 0 Å². The number of nitrogens with one attached hydrogen (secondary N) is 1. The van der Waals surface area contributed by atoms with Gasteiger partial charge in [-0.1, -0.05) is 38.1 Å². The predicted molar refractivity (Wildman–Crippen MR) is 131 cm³/mol. The maximum atomic E-state index is 13.0. The quantitative estimate of drug-likeness (QED) is 0.552. The molecular formula is C25H35N3O5S. The van der Waals surface area contributed by atoms with E-state index >= 15 is 0 Å². The lowest BCUT2D eigenvalue weighted by molar-refractivity contribution is -0.0212. The van der Waals surface area contributed by atoms with Gasteiger partial charge in [-0.3, -0.25) is 9.69 Å². The van der Waals surface area contributed by atoms with Gasteiger partial charge >= 0.3 is 0 Å². The molecule has 9 heteroatoms. The number of hydrogen-bond donors (Lipinski definition) is 1. The van der Waals surface area contributed by atoms with E-state index in [0.717, 1.165) is 31.8 Å². The standard InChI is InChI=1S/C25H35N3O5S/c1-5-28(6-2)34(30,31)22-10-11-24(32-4)23(15-22)25(29)26-16-20-8-7-9-21(14-20)18-27-12-13-33-19(3)17-27/h7-11,14-15,19H,5-6,12-13,16-18H2,1-4H3,(H,26,29). The highest BCUT2D eigenvalue weighted by atomic mass is 32.2. The lowest BCUT2D eigenvalue weighted by Crippen LogP contribution is -2.40. The molecule has 1 amide bonds. The Kier molecular flexibility index (Phi) is 9.07. The molecule has 0 aromatic heterocycles. The highest BCUT2D eigenvalue weighted by Gasteiger charge is 2.24. The van der Waals surface area contributed by atoms with E-state index in [1.54, 1.807) is 13.8 Å². The second kappa shape index (κ2) is 11.8. The molecule has 1 saturated heterocycles. The molecule has 1 aliphatic rings. The molecule has 34 heavy (non-hydrogen) atoms. The number of amides is 1. The first kappa shape index (κ1) is 26.2. The van der Waals surface area contributed by atoms with Gasteiger partial charge in [-0.25, -0.2) is 8.42 Å². The SMILES string of the molecule is CCN(CC)S(=O)(=O)c1ccc(OC)c(C(=O)NCc2cccc(CN3CCOC(C)C3)c2)c1. The minimum atomic E-state index is -3.69. The van der Waals surface area contributed by atoms with E-state index in [9.17, 15) is 13.2 Å². The number of morpholine rings is 1. The van der Waals surface area contributed by atoms with Crippen molar-refractivity contribution in [3.63, 3.8) is 0 Å². The Morgan fingerprint density at radius 3 is 2.59 bits per heavy atom. The van der Waals surface area contributed by atoms with Gasteiger partial charge in [-0.05, 0) is 36.2 Å². The van der Waals surface area contributed by atoms with Gasteiger partial charge in [0.2, 0.25) is 10.0 Å². The molecule has 1 aliphatic heterocycles. The van der Waals surface area contributed by atoms with E-state index < -0.39 is 10.0 Å². The Balaban J connectivity index is 1.72. The van der Waals surface area contributed by atoms with Crippen LogP contribution >= 0.6 is 0 Å². The fourth-order valence-electron chi connectivity index (χ4n) is 4.15. The second-order valence-electron chi connectivity index (χ2n) is 8.37. The Hall–Kier alpha value is -2.46. The third kappa shape index (κ3) is 6.35. The zero-order valence-corrected chi connectivity index (χ0v) is 21.2. The molecule has 0 aliphatic carbocycles. The van der Waals surface area contributed by atoms with Gasteiger partial charge in [0.05, 0.1) is 30.3 Å². The van der Waals surface area contributed by atoms with E-state index in [1.807, 2.05) is 12.1 Å². The van der Waals surface area contributed by atoms with Gasteiger partial charge in [0.1, 0.15) is 5.75 Å². The van der Waals surface area contributed by atoms with Crippen LogP contribution in [0, 0.1) is 0 Å². The summed E-state index contributed by atoms with van der Waals surface area (Å²) in [6, 6.07) is 12.5. The summed E-state index contributed by atoms with van der Waals surface area (Å²) in [5.41, 5.74) is 2.33. The number of ether oxygens (including phenoxy) is 2. The fraction of sp³-hybridized carbons (Fsp3) is 0.480. The van der Waals surface area contributed by atoms with Gasteiger partial charge in [0, 0.05) is 39.3 Å². The van der Waals surface area contributed by atoms with Crippen molar-refractivity contribution < 1.29 is 22.7 Å². The highest BCUT2D eigenvalue weighted by molar-refractivity contribution is 7.89. The third-order valence-corrected chi connectivity index (χ3v) is 7.98. The van der Waals surface area contributed by atoms with E-state index in [-0.39, 0.29) is 22.5 Å². The molecule has 1 heterocycles. The number of sulfonamides is 1. The number of carbonyl (C=O) groups excluding carboxylic acids is 1. The van der Waals surface area contributed by atoms with Crippen LogP contribution in [-0.4, -0.2) is 69.5 Å². The van der Waals surface area contributed by atoms with Gasteiger partial charge < -0.3 is 14.8 Å². The van der Waals surface area contributed by atoms with Crippen LogP contribution in [0.3, 0.4) is 0 Å². The van der Waals surface area contributed by atoms with Gasteiger partial charge in [0.25, 0.3) is 5.91 Å². The lowest BCUT2D eigenvalue weighted by atomic mass is 10.1. The Morgan fingerprint density at radius 2 is 1.91 bits per heavy atom. The first-order chi connectivity index (χ1) is 16.3.